The number of anilines is 2. The van der Waals surface area contributed by atoms with Crippen molar-refractivity contribution in [2.75, 3.05) is 24.5 Å². The Kier molecular flexibility index (Phi) is 5.00. The molecule has 0 aromatic carbocycles. The van der Waals surface area contributed by atoms with Crippen molar-refractivity contribution in [2.45, 2.75) is 31.6 Å². The van der Waals surface area contributed by atoms with Crippen LogP contribution in [-0.2, 0) is 6.42 Å². The van der Waals surface area contributed by atoms with Crippen LogP contribution >= 0.6 is 0 Å². The van der Waals surface area contributed by atoms with Crippen LogP contribution in [0.4, 0.5) is 25.1 Å². The number of nitrogens with two attached hydrogens (primary N) is 1. The molecule has 10 heteroatoms. The molecule has 2 aromatic heterocycles. The topological polar surface area (TPSA) is 108 Å². The van der Waals surface area contributed by atoms with E-state index in [0.29, 0.717) is 23.6 Å². The number of carbonyl (C=O) groups is 2. The number of nitrogens with zero attached hydrogens (tertiary/aromatic N) is 4. The number of fused-ring (bicyclic) bond motifs is 1. The summed E-state index contributed by atoms with van der Waals surface area (Å²) in [7, 11) is 0. The molecule has 0 spiro atoms. The van der Waals surface area contributed by atoms with Gasteiger partial charge in [-0.3, -0.25) is 14.8 Å². The monoisotopic (exact) mass is 416 g/mol. The van der Waals surface area contributed by atoms with E-state index in [1.54, 1.807) is 12.1 Å². The first-order valence-corrected chi connectivity index (χ1v) is 9.76. The molecule has 2 aliphatic rings. The number of carbonyl (C=O) groups excluding carboxylic acids is 2. The molecule has 1 saturated heterocycles. The number of alkyl halides is 2. The molecule has 0 saturated carbocycles. The average molecular weight is 416 g/mol. The van der Waals surface area contributed by atoms with Crippen molar-refractivity contribution in [1.82, 2.24) is 14.5 Å². The molecule has 2 aliphatic heterocycles. The molecule has 2 aromatic rings. The Morgan fingerprint density at radius 1 is 1.17 bits per heavy atom. The van der Waals surface area contributed by atoms with Gasteiger partial charge in [-0.1, -0.05) is 0 Å². The predicted molar refractivity (Wildman–Crippen MR) is 105 cm³/mol. The Balaban J connectivity index is 1.59. The third-order valence-electron chi connectivity index (χ3n) is 5.54. The minimum Gasteiger partial charge on any atom is -0.351 e. The molecule has 4 heterocycles. The summed E-state index contributed by atoms with van der Waals surface area (Å²) in [5.41, 5.74) is 7.17. The van der Waals surface area contributed by atoms with Crippen molar-refractivity contribution in [3.8, 4) is 0 Å². The second kappa shape index (κ2) is 7.51. The largest absolute Gasteiger partial charge is 0.351 e. The zero-order chi connectivity index (χ0) is 21.5. The minimum atomic E-state index is -2.70. The molecule has 1 fully saturated rings. The van der Waals surface area contributed by atoms with Crippen molar-refractivity contribution in [3.63, 3.8) is 0 Å². The number of aromatic nitrogens is 2. The second-order valence-corrected chi connectivity index (χ2v) is 7.59. The normalized spacial score (nSPS) is 18.1. The van der Waals surface area contributed by atoms with E-state index in [2.05, 4.69) is 4.98 Å². The fourth-order valence-corrected chi connectivity index (χ4v) is 3.90. The third-order valence-corrected chi connectivity index (χ3v) is 5.54. The van der Waals surface area contributed by atoms with Crippen molar-refractivity contribution < 1.29 is 18.4 Å². The van der Waals surface area contributed by atoms with Gasteiger partial charge in [0.2, 0.25) is 0 Å². The van der Waals surface area contributed by atoms with E-state index in [1.807, 2.05) is 4.90 Å². The minimum absolute atomic E-state index is 0.0329. The van der Waals surface area contributed by atoms with E-state index in [4.69, 9.17) is 11.1 Å². The first-order chi connectivity index (χ1) is 14.2. The number of primary amides is 1. The summed E-state index contributed by atoms with van der Waals surface area (Å²) in [6.07, 6.45) is 3.83. The van der Waals surface area contributed by atoms with Crippen molar-refractivity contribution >= 4 is 23.4 Å². The number of likely N-dealkylation sites (tertiary alicyclic amines) is 1. The lowest BCUT2D eigenvalue weighted by atomic mass is 10.0. The highest BCUT2D eigenvalue weighted by Crippen LogP contribution is 2.32. The number of hydrogen-bond donors (Lipinski definition) is 2. The van der Waals surface area contributed by atoms with E-state index < -0.39 is 12.0 Å². The smallest absolute Gasteiger partial charge is 0.324 e. The third kappa shape index (κ3) is 3.77. The van der Waals surface area contributed by atoms with Crippen molar-refractivity contribution in [1.29, 1.82) is 5.41 Å². The number of nitrogens with one attached hydrogen (secondary N) is 1. The SMILES string of the molecule is N=c1cc(N2CCCc3cc(C(=O)N4CCC(F)(F)CC4)cnc32)ccn1C(N)=O. The maximum absolute atomic E-state index is 13.4. The van der Waals surface area contributed by atoms with E-state index in [-0.39, 0.29) is 37.3 Å². The number of halogens is 2. The molecule has 0 radical (unpaired) electrons. The molecule has 3 N–H and O–H groups in total. The fraction of sp³-hybridized carbons (Fsp3) is 0.400. The van der Waals surface area contributed by atoms with E-state index in [9.17, 15) is 18.4 Å². The number of hydrogen-bond acceptors (Lipinski definition) is 5. The van der Waals surface area contributed by atoms with Gasteiger partial charge in [-0.15, -0.1) is 0 Å². The summed E-state index contributed by atoms with van der Waals surface area (Å²) >= 11 is 0. The summed E-state index contributed by atoms with van der Waals surface area (Å²) in [4.78, 5) is 31.9. The molecule has 158 valence electrons. The zero-order valence-corrected chi connectivity index (χ0v) is 16.3. The van der Waals surface area contributed by atoms with Gasteiger partial charge in [0.15, 0.2) is 0 Å². The average Bonchev–Trinajstić information content (AvgIpc) is 2.72. The van der Waals surface area contributed by atoms with Crippen LogP contribution in [0.3, 0.4) is 0 Å². The van der Waals surface area contributed by atoms with Crippen LogP contribution in [0.5, 0.6) is 0 Å². The molecule has 4 rings (SSSR count). The number of pyridine rings is 2. The highest BCUT2D eigenvalue weighted by atomic mass is 19.3. The summed E-state index contributed by atoms with van der Waals surface area (Å²) in [5, 5.41) is 7.99. The molecule has 8 nitrogen and oxygen atoms in total. The maximum Gasteiger partial charge on any atom is 0.324 e. The standard InChI is InChI=1S/C20H22F2N6O2/c21-20(22)4-8-26(9-5-20)18(29)14-10-13-2-1-6-27(17(13)25-12-14)15-3-7-28(19(24)30)16(23)11-15/h3,7,10-12,23H,1-2,4-6,8-9H2,(H2,24,30). The molecular weight excluding hydrogens is 394 g/mol. The lowest BCUT2D eigenvalue weighted by molar-refractivity contribution is -0.0494. The van der Waals surface area contributed by atoms with E-state index in [0.717, 1.165) is 23.0 Å². The van der Waals surface area contributed by atoms with Gasteiger partial charge in [0.25, 0.3) is 11.8 Å². The van der Waals surface area contributed by atoms with E-state index in [1.165, 1.54) is 23.4 Å². The second-order valence-electron chi connectivity index (χ2n) is 7.59. The van der Waals surface area contributed by atoms with Gasteiger partial charge < -0.3 is 15.5 Å². The number of aryl methyl sites for hydroxylation is 1. The van der Waals surface area contributed by atoms with Gasteiger partial charge in [0.05, 0.1) is 5.56 Å². The Bertz CT molecular complexity index is 1060. The summed E-state index contributed by atoms with van der Waals surface area (Å²) in [6.45, 7) is 0.741. The van der Waals surface area contributed by atoms with E-state index >= 15 is 0 Å². The highest BCUT2D eigenvalue weighted by Gasteiger charge is 2.36. The van der Waals surface area contributed by atoms with Crippen molar-refractivity contribution in [3.05, 3.63) is 47.2 Å². The Morgan fingerprint density at radius 2 is 1.90 bits per heavy atom. The number of rotatable bonds is 2. The Morgan fingerprint density at radius 3 is 2.57 bits per heavy atom. The van der Waals surface area contributed by atoms with Crippen LogP contribution in [0.25, 0.3) is 0 Å². The molecule has 0 atom stereocenters. The fourth-order valence-electron chi connectivity index (χ4n) is 3.90. The van der Waals surface area contributed by atoms with Crippen LogP contribution in [0, 0.1) is 5.41 Å². The first-order valence-electron chi connectivity index (χ1n) is 9.76. The lowest BCUT2D eigenvalue weighted by Crippen LogP contribution is -2.42. The van der Waals surface area contributed by atoms with Gasteiger partial charge in [-0.2, -0.15) is 0 Å². The van der Waals surface area contributed by atoms with Gasteiger partial charge in [0.1, 0.15) is 11.3 Å². The van der Waals surface area contributed by atoms with Crippen molar-refractivity contribution in [2.24, 2.45) is 5.73 Å². The molecule has 0 unspecified atom stereocenters. The maximum atomic E-state index is 13.4. The quantitative estimate of drug-likeness (QED) is 0.783. The Hall–Kier alpha value is -3.30. The predicted octanol–water partition coefficient (Wildman–Crippen LogP) is 2.24. The van der Waals surface area contributed by atoms with Crippen LogP contribution in [0.15, 0.2) is 30.6 Å². The van der Waals surface area contributed by atoms with Crippen LogP contribution in [0.2, 0.25) is 0 Å². The van der Waals surface area contributed by atoms with Gasteiger partial charge >= 0.3 is 6.03 Å². The van der Waals surface area contributed by atoms with Crippen LogP contribution in [0.1, 0.15) is 35.2 Å². The molecular formula is C20H22F2N6O2. The summed E-state index contributed by atoms with van der Waals surface area (Å²) in [6, 6.07) is 4.26. The highest BCUT2D eigenvalue weighted by molar-refractivity contribution is 5.94. The molecule has 0 aliphatic carbocycles. The summed E-state index contributed by atoms with van der Waals surface area (Å²) in [5.74, 6) is -2.31. The molecule has 0 bridgehead atoms. The van der Waals surface area contributed by atoms with Crippen LogP contribution < -0.4 is 16.1 Å². The number of piperidine rings is 1. The first kappa shape index (κ1) is 20.0. The van der Waals surface area contributed by atoms with Gasteiger partial charge in [-0.25, -0.2) is 18.6 Å². The van der Waals surface area contributed by atoms with Crippen LogP contribution in [-0.4, -0.2) is 51.9 Å². The Labute approximate surface area is 171 Å². The lowest BCUT2D eigenvalue weighted by Gasteiger charge is -2.33. The summed E-state index contributed by atoms with van der Waals surface area (Å²) < 4.78 is 27.8. The van der Waals surface area contributed by atoms with Gasteiger partial charge in [0, 0.05) is 56.6 Å². The molecule has 2 amide bonds. The molecule has 30 heavy (non-hydrogen) atoms. The zero-order valence-electron chi connectivity index (χ0n) is 16.3. The number of amides is 2. The van der Waals surface area contributed by atoms with Gasteiger partial charge in [-0.05, 0) is 30.5 Å².